The summed E-state index contributed by atoms with van der Waals surface area (Å²) in [5.41, 5.74) is -0.0730. The van der Waals surface area contributed by atoms with Gasteiger partial charge in [-0.15, -0.1) is 0 Å². The van der Waals surface area contributed by atoms with E-state index in [1.807, 2.05) is 20.8 Å². The molecule has 1 aromatic heterocycles. The van der Waals surface area contributed by atoms with Gasteiger partial charge in [0.05, 0.1) is 12.2 Å². The molecule has 2 rings (SSSR count). The number of carbonyl (C=O) groups is 1. The van der Waals surface area contributed by atoms with Crippen molar-refractivity contribution >= 4 is 6.09 Å². The molecule has 0 saturated carbocycles. The van der Waals surface area contributed by atoms with E-state index in [0.717, 1.165) is 12.8 Å². The van der Waals surface area contributed by atoms with Crippen molar-refractivity contribution in [3.8, 4) is 5.75 Å². The summed E-state index contributed by atoms with van der Waals surface area (Å²) < 4.78 is 24.2. The standard InChI is InChI=1S/C16H23FN2O3/c1-11-8-13(9-18-14(11)17)21-10-12-6-5-7-19(12)15(20)22-16(2,3)4/h8-9,12H,5-7,10H2,1-4H3/t12-/m0/s1. The largest absolute Gasteiger partial charge is 0.490 e. The number of halogens is 1. The van der Waals surface area contributed by atoms with Crippen molar-refractivity contribution in [2.24, 2.45) is 0 Å². The molecule has 1 amide bonds. The summed E-state index contributed by atoms with van der Waals surface area (Å²) in [6, 6.07) is 1.58. The van der Waals surface area contributed by atoms with E-state index in [1.54, 1.807) is 17.9 Å². The summed E-state index contributed by atoms with van der Waals surface area (Å²) in [7, 11) is 0. The van der Waals surface area contributed by atoms with Gasteiger partial charge in [-0.05, 0) is 46.6 Å². The molecule has 1 fully saturated rings. The zero-order valence-corrected chi connectivity index (χ0v) is 13.6. The Kier molecular flexibility index (Phi) is 4.88. The van der Waals surface area contributed by atoms with Crippen LogP contribution in [-0.2, 0) is 4.74 Å². The summed E-state index contributed by atoms with van der Waals surface area (Å²) in [4.78, 5) is 17.5. The average Bonchev–Trinajstić information content (AvgIpc) is 2.87. The van der Waals surface area contributed by atoms with Crippen LogP contribution < -0.4 is 4.74 Å². The highest BCUT2D eigenvalue weighted by Gasteiger charge is 2.32. The molecule has 0 spiro atoms. The predicted octanol–water partition coefficient (Wildman–Crippen LogP) is 3.31. The first-order valence-electron chi connectivity index (χ1n) is 7.51. The van der Waals surface area contributed by atoms with Gasteiger partial charge in [0.25, 0.3) is 0 Å². The van der Waals surface area contributed by atoms with Crippen LogP contribution in [0.4, 0.5) is 9.18 Å². The Balaban J connectivity index is 1.93. The summed E-state index contributed by atoms with van der Waals surface area (Å²) in [5, 5.41) is 0. The fourth-order valence-electron chi connectivity index (χ4n) is 2.37. The number of likely N-dealkylation sites (tertiary alicyclic amines) is 1. The number of hydrogen-bond acceptors (Lipinski definition) is 4. The predicted molar refractivity (Wildman–Crippen MR) is 80.4 cm³/mol. The van der Waals surface area contributed by atoms with Crippen LogP contribution in [0.2, 0.25) is 0 Å². The molecule has 0 aliphatic carbocycles. The van der Waals surface area contributed by atoms with Crippen LogP contribution in [0, 0.1) is 12.9 Å². The lowest BCUT2D eigenvalue weighted by Crippen LogP contribution is -2.42. The van der Waals surface area contributed by atoms with Crippen LogP contribution in [-0.4, -0.2) is 40.8 Å². The van der Waals surface area contributed by atoms with Crippen LogP contribution >= 0.6 is 0 Å². The summed E-state index contributed by atoms with van der Waals surface area (Å²) in [6.45, 7) is 8.20. The summed E-state index contributed by atoms with van der Waals surface area (Å²) >= 11 is 0. The van der Waals surface area contributed by atoms with Crippen molar-refractivity contribution in [1.82, 2.24) is 9.88 Å². The fourth-order valence-corrected chi connectivity index (χ4v) is 2.37. The number of ether oxygens (including phenoxy) is 2. The molecule has 1 aliphatic rings. The van der Waals surface area contributed by atoms with Crippen LogP contribution in [0.1, 0.15) is 39.2 Å². The molecule has 0 aromatic carbocycles. The third-order valence-electron chi connectivity index (χ3n) is 3.44. The van der Waals surface area contributed by atoms with Crippen LogP contribution in [0.25, 0.3) is 0 Å². The van der Waals surface area contributed by atoms with Gasteiger partial charge in [-0.25, -0.2) is 9.78 Å². The Morgan fingerprint density at radius 3 is 2.86 bits per heavy atom. The van der Waals surface area contributed by atoms with E-state index in [1.165, 1.54) is 6.20 Å². The van der Waals surface area contributed by atoms with Gasteiger partial charge >= 0.3 is 6.09 Å². The molecule has 0 bridgehead atoms. The first kappa shape index (κ1) is 16.5. The molecule has 1 saturated heterocycles. The minimum atomic E-state index is -0.511. The minimum Gasteiger partial charge on any atom is -0.490 e. The van der Waals surface area contributed by atoms with E-state index in [2.05, 4.69) is 4.98 Å². The highest BCUT2D eigenvalue weighted by atomic mass is 19.1. The first-order valence-corrected chi connectivity index (χ1v) is 7.51. The van der Waals surface area contributed by atoms with E-state index >= 15 is 0 Å². The first-order chi connectivity index (χ1) is 10.3. The van der Waals surface area contributed by atoms with E-state index < -0.39 is 11.5 Å². The van der Waals surface area contributed by atoms with Crippen LogP contribution in [0.5, 0.6) is 5.75 Å². The van der Waals surface area contributed by atoms with E-state index in [0.29, 0.717) is 24.5 Å². The van der Waals surface area contributed by atoms with Gasteiger partial charge in [0, 0.05) is 12.1 Å². The molecule has 2 heterocycles. The monoisotopic (exact) mass is 310 g/mol. The van der Waals surface area contributed by atoms with Crippen molar-refractivity contribution in [1.29, 1.82) is 0 Å². The molecular formula is C16H23FN2O3. The second kappa shape index (κ2) is 6.50. The topological polar surface area (TPSA) is 51.7 Å². The summed E-state index contributed by atoms with van der Waals surface area (Å²) in [6.07, 6.45) is 2.84. The second-order valence-corrected chi connectivity index (χ2v) is 6.56. The Bertz CT molecular complexity index is 543. The third kappa shape index (κ3) is 4.32. The second-order valence-electron chi connectivity index (χ2n) is 6.56. The number of nitrogens with zero attached hydrogens (tertiary/aromatic N) is 2. The lowest BCUT2D eigenvalue weighted by Gasteiger charge is -2.28. The molecule has 0 unspecified atom stereocenters. The highest BCUT2D eigenvalue weighted by molar-refractivity contribution is 5.69. The maximum atomic E-state index is 13.1. The normalized spacial score (nSPS) is 18.4. The van der Waals surface area contributed by atoms with E-state index in [9.17, 15) is 9.18 Å². The molecule has 122 valence electrons. The number of rotatable bonds is 3. The maximum Gasteiger partial charge on any atom is 0.410 e. The third-order valence-corrected chi connectivity index (χ3v) is 3.44. The zero-order chi connectivity index (χ0) is 16.3. The SMILES string of the molecule is Cc1cc(OC[C@@H]2CCCN2C(=O)OC(C)(C)C)cnc1F. The van der Waals surface area contributed by atoms with Crippen molar-refractivity contribution < 1.29 is 18.7 Å². The van der Waals surface area contributed by atoms with Crippen molar-refractivity contribution in [3.63, 3.8) is 0 Å². The smallest absolute Gasteiger partial charge is 0.410 e. The molecular weight excluding hydrogens is 287 g/mol. The van der Waals surface area contributed by atoms with E-state index in [4.69, 9.17) is 9.47 Å². The number of aromatic nitrogens is 1. The Labute approximate surface area is 130 Å². The molecule has 22 heavy (non-hydrogen) atoms. The molecule has 1 atom stereocenters. The van der Waals surface area contributed by atoms with Gasteiger partial charge in [0.1, 0.15) is 18.0 Å². The number of hydrogen-bond donors (Lipinski definition) is 0. The molecule has 1 aliphatic heterocycles. The number of aryl methyl sites for hydroxylation is 1. The van der Waals surface area contributed by atoms with Crippen molar-refractivity contribution in [2.45, 2.75) is 52.2 Å². The van der Waals surface area contributed by atoms with E-state index in [-0.39, 0.29) is 12.1 Å². The highest BCUT2D eigenvalue weighted by Crippen LogP contribution is 2.22. The Morgan fingerprint density at radius 2 is 2.23 bits per heavy atom. The lowest BCUT2D eigenvalue weighted by molar-refractivity contribution is 0.0187. The fraction of sp³-hybridized carbons (Fsp3) is 0.625. The van der Waals surface area contributed by atoms with Crippen molar-refractivity contribution in [3.05, 3.63) is 23.8 Å². The zero-order valence-electron chi connectivity index (χ0n) is 13.6. The average molecular weight is 310 g/mol. The quantitative estimate of drug-likeness (QED) is 0.804. The maximum absolute atomic E-state index is 13.1. The molecule has 0 N–H and O–H groups in total. The Morgan fingerprint density at radius 1 is 1.50 bits per heavy atom. The lowest BCUT2D eigenvalue weighted by atomic mass is 10.2. The molecule has 1 aromatic rings. The Hall–Kier alpha value is -1.85. The van der Waals surface area contributed by atoms with Crippen LogP contribution in [0.15, 0.2) is 12.3 Å². The summed E-state index contributed by atoms with van der Waals surface area (Å²) in [5.74, 6) is 0.0125. The van der Waals surface area contributed by atoms with Gasteiger partial charge in [-0.3, -0.25) is 0 Å². The van der Waals surface area contributed by atoms with Gasteiger partial charge in [-0.1, -0.05) is 0 Å². The van der Waals surface area contributed by atoms with Crippen LogP contribution in [0.3, 0.4) is 0 Å². The molecule has 6 heteroatoms. The van der Waals surface area contributed by atoms with Gasteiger partial charge in [0.15, 0.2) is 0 Å². The number of pyridine rings is 1. The number of carbonyl (C=O) groups excluding carboxylic acids is 1. The van der Waals surface area contributed by atoms with Gasteiger partial charge in [-0.2, -0.15) is 4.39 Å². The van der Waals surface area contributed by atoms with Gasteiger partial charge < -0.3 is 14.4 Å². The minimum absolute atomic E-state index is 0.0276. The number of amides is 1. The van der Waals surface area contributed by atoms with Crippen molar-refractivity contribution in [2.75, 3.05) is 13.2 Å². The molecule has 0 radical (unpaired) electrons. The van der Waals surface area contributed by atoms with Gasteiger partial charge in [0.2, 0.25) is 5.95 Å². The molecule has 5 nitrogen and oxygen atoms in total.